The molecule has 0 aliphatic heterocycles. The summed E-state index contributed by atoms with van der Waals surface area (Å²) in [6.45, 7) is 0. The molecule has 3 aromatic rings. The molecule has 2 heterocycles. The van der Waals surface area contributed by atoms with Crippen molar-refractivity contribution in [2.24, 2.45) is 0 Å². The molecule has 1 aromatic carbocycles. The first kappa shape index (κ1) is 8.05. The summed E-state index contributed by atoms with van der Waals surface area (Å²) in [6.07, 6.45) is 3.14. The lowest BCUT2D eigenvalue weighted by Gasteiger charge is -1.98. The zero-order chi connectivity index (χ0) is 10.1. The van der Waals surface area contributed by atoms with Crippen LogP contribution in [0.25, 0.3) is 16.9 Å². The van der Waals surface area contributed by atoms with Crippen molar-refractivity contribution < 1.29 is 0 Å². The molecule has 0 N–H and O–H groups in total. The normalized spacial score (nSPS) is 10.7. The average Bonchev–Trinajstić information content (AvgIpc) is 2.74. The van der Waals surface area contributed by atoms with Crippen molar-refractivity contribution in [2.75, 3.05) is 0 Å². The smallest absolute Gasteiger partial charge is 0.186 e. The molecule has 0 saturated heterocycles. The van der Waals surface area contributed by atoms with Crippen LogP contribution in [0.1, 0.15) is 0 Å². The zero-order valence-corrected chi connectivity index (χ0v) is 7.78. The minimum Gasteiger partial charge on any atom is -0.242 e. The van der Waals surface area contributed by atoms with E-state index in [0.29, 0.717) is 5.52 Å². The summed E-state index contributed by atoms with van der Waals surface area (Å²) in [5.74, 6) is 0. The van der Waals surface area contributed by atoms with Crippen molar-refractivity contribution in [1.82, 2.24) is 25.0 Å². The number of fused-ring (bicyclic) bond motifs is 1. The number of benzene rings is 1. The number of nitrogens with zero attached hydrogens (tertiary/aromatic N) is 5. The average molecular weight is 197 g/mol. The van der Waals surface area contributed by atoms with Gasteiger partial charge >= 0.3 is 0 Å². The van der Waals surface area contributed by atoms with Gasteiger partial charge in [-0.1, -0.05) is 23.4 Å². The molecule has 0 bridgehead atoms. The van der Waals surface area contributed by atoms with Gasteiger partial charge in [-0.25, -0.2) is 9.97 Å². The second-order valence-electron chi connectivity index (χ2n) is 3.07. The van der Waals surface area contributed by atoms with Gasteiger partial charge in [-0.2, -0.15) is 4.68 Å². The van der Waals surface area contributed by atoms with E-state index in [-0.39, 0.29) is 0 Å². The minimum absolute atomic E-state index is 0.696. The van der Waals surface area contributed by atoms with Crippen molar-refractivity contribution in [3.05, 3.63) is 42.9 Å². The highest BCUT2D eigenvalue weighted by molar-refractivity contribution is 5.69. The molecule has 0 atom stereocenters. The fraction of sp³-hybridized carbons (Fsp3) is 0. The first-order valence-corrected chi connectivity index (χ1v) is 4.52. The van der Waals surface area contributed by atoms with Crippen LogP contribution < -0.4 is 0 Å². The molecule has 0 aliphatic rings. The molecular formula is C10H7N5. The van der Waals surface area contributed by atoms with Gasteiger partial charge in [-0.15, -0.1) is 5.10 Å². The number of hydrogen-bond donors (Lipinski definition) is 0. The maximum atomic E-state index is 4.14. The summed E-state index contributed by atoms with van der Waals surface area (Å²) < 4.78 is 1.69. The maximum absolute atomic E-state index is 4.14. The van der Waals surface area contributed by atoms with E-state index in [0.717, 1.165) is 11.3 Å². The van der Waals surface area contributed by atoms with Gasteiger partial charge in [-0.05, 0) is 12.1 Å². The third kappa shape index (κ3) is 1.25. The van der Waals surface area contributed by atoms with E-state index < -0.39 is 0 Å². The van der Waals surface area contributed by atoms with E-state index in [4.69, 9.17) is 0 Å². The minimum atomic E-state index is 0.696. The van der Waals surface area contributed by atoms with Crippen molar-refractivity contribution in [3.8, 4) is 5.69 Å². The van der Waals surface area contributed by atoms with Crippen molar-refractivity contribution in [1.29, 1.82) is 0 Å². The van der Waals surface area contributed by atoms with Crippen molar-refractivity contribution in [3.63, 3.8) is 0 Å². The highest BCUT2D eigenvalue weighted by Crippen LogP contribution is 2.11. The Morgan fingerprint density at radius 1 is 1.07 bits per heavy atom. The molecule has 5 nitrogen and oxygen atoms in total. The number of aromatic nitrogens is 5. The second-order valence-corrected chi connectivity index (χ2v) is 3.07. The maximum Gasteiger partial charge on any atom is 0.186 e. The molecule has 0 fully saturated rings. The third-order valence-corrected chi connectivity index (χ3v) is 2.12. The molecule has 0 spiro atoms. The van der Waals surface area contributed by atoms with Gasteiger partial charge in [0.15, 0.2) is 11.2 Å². The Hall–Kier alpha value is -2.30. The molecular weight excluding hydrogens is 190 g/mol. The van der Waals surface area contributed by atoms with E-state index >= 15 is 0 Å². The Balaban J connectivity index is 2.28. The lowest BCUT2D eigenvalue weighted by Crippen LogP contribution is -1.97. The Labute approximate surface area is 85.4 Å². The quantitative estimate of drug-likeness (QED) is 0.588. The van der Waals surface area contributed by atoms with E-state index in [2.05, 4.69) is 20.3 Å². The van der Waals surface area contributed by atoms with E-state index in [1.807, 2.05) is 30.3 Å². The van der Waals surface area contributed by atoms with Crippen LogP contribution in [-0.2, 0) is 0 Å². The molecule has 3 rings (SSSR count). The number of hydrogen-bond acceptors (Lipinski definition) is 4. The molecule has 15 heavy (non-hydrogen) atoms. The second kappa shape index (κ2) is 3.13. The van der Waals surface area contributed by atoms with E-state index in [1.165, 1.54) is 6.33 Å². The van der Waals surface area contributed by atoms with Gasteiger partial charge in [0.25, 0.3) is 0 Å². The predicted octanol–water partition coefficient (Wildman–Crippen LogP) is 1.21. The monoisotopic (exact) mass is 197 g/mol. The number of para-hydroxylation sites is 1. The summed E-state index contributed by atoms with van der Waals surface area (Å²) in [5.41, 5.74) is 2.36. The third-order valence-electron chi connectivity index (χ3n) is 2.12. The van der Waals surface area contributed by atoms with Gasteiger partial charge in [0.05, 0.1) is 11.9 Å². The van der Waals surface area contributed by atoms with Gasteiger partial charge in [0, 0.05) is 0 Å². The summed E-state index contributed by atoms with van der Waals surface area (Å²) in [7, 11) is 0. The summed E-state index contributed by atoms with van der Waals surface area (Å²) in [4.78, 5) is 8.04. The number of rotatable bonds is 1. The topological polar surface area (TPSA) is 56.5 Å². The largest absolute Gasteiger partial charge is 0.242 e. The highest BCUT2D eigenvalue weighted by Gasteiger charge is 2.05. The van der Waals surface area contributed by atoms with E-state index in [9.17, 15) is 0 Å². The highest BCUT2D eigenvalue weighted by atomic mass is 15.4. The molecule has 0 radical (unpaired) electrons. The Morgan fingerprint density at radius 3 is 2.80 bits per heavy atom. The fourth-order valence-electron chi connectivity index (χ4n) is 1.43. The van der Waals surface area contributed by atoms with Gasteiger partial charge < -0.3 is 0 Å². The SMILES string of the molecule is c1ccc(-n2nnc3cncnc32)cc1. The predicted molar refractivity (Wildman–Crippen MR) is 54.5 cm³/mol. The zero-order valence-electron chi connectivity index (χ0n) is 7.78. The Morgan fingerprint density at radius 2 is 1.93 bits per heavy atom. The molecule has 72 valence electrons. The van der Waals surface area contributed by atoms with Crippen LogP contribution in [0.5, 0.6) is 0 Å². The Kier molecular flexibility index (Phi) is 1.68. The van der Waals surface area contributed by atoms with Gasteiger partial charge in [0.1, 0.15) is 6.33 Å². The van der Waals surface area contributed by atoms with Crippen LogP contribution in [0.15, 0.2) is 42.9 Å². The lowest BCUT2D eigenvalue weighted by atomic mass is 10.3. The Bertz CT molecular complexity index is 587. The van der Waals surface area contributed by atoms with Crippen molar-refractivity contribution in [2.45, 2.75) is 0 Å². The van der Waals surface area contributed by atoms with Crippen molar-refractivity contribution >= 4 is 11.2 Å². The lowest BCUT2D eigenvalue weighted by molar-refractivity contribution is 0.817. The summed E-state index contributed by atoms with van der Waals surface area (Å²) in [5, 5.41) is 8.01. The molecule has 5 heteroatoms. The molecule has 0 unspecified atom stereocenters. The fourth-order valence-corrected chi connectivity index (χ4v) is 1.43. The standard InChI is InChI=1S/C10H7N5/c1-2-4-8(5-3-1)15-10-9(13-14-15)6-11-7-12-10/h1-7H. The first-order valence-electron chi connectivity index (χ1n) is 4.52. The van der Waals surface area contributed by atoms with Gasteiger partial charge in [0.2, 0.25) is 0 Å². The van der Waals surface area contributed by atoms with Crippen LogP contribution in [0.2, 0.25) is 0 Å². The van der Waals surface area contributed by atoms with Crippen LogP contribution in [0, 0.1) is 0 Å². The molecule has 2 aromatic heterocycles. The van der Waals surface area contributed by atoms with Gasteiger partial charge in [-0.3, -0.25) is 0 Å². The molecule has 0 aliphatic carbocycles. The van der Waals surface area contributed by atoms with E-state index in [1.54, 1.807) is 10.9 Å². The summed E-state index contributed by atoms with van der Waals surface area (Å²) in [6, 6.07) is 9.76. The van der Waals surface area contributed by atoms with Crippen LogP contribution in [0.4, 0.5) is 0 Å². The van der Waals surface area contributed by atoms with Crippen LogP contribution in [0.3, 0.4) is 0 Å². The summed E-state index contributed by atoms with van der Waals surface area (Å²) >= 11 is 0. The molecule has 0 saturated carbocycles. The van der Waals surface area contributed by atoms with Crippen LogP contribution >= 0.6 is 0 Å². The van der Waals surface area contributed by atoms with Crippen LogP contribution in [-0.4, -0.2) is 25.0 Å². The molecule has 0 amide bonds. The first-order chi connectivity index (χ1) is 7.45.